The average molecular weight is 264 g/mol. The molecule has 0 aromatic rings. The fourth-order valence-electron chi connectivity index (χ4n) is 1.72. The van der Waals surface area contributed by atoms with Crippen molar-refractivity contribution in [3.05, 3.63) is 0 Å². The van der Waals surface area contributed by atoms with Gasteiger partial charge in [0.2, 0.25) is 0 Å². The van der Waals surface area contributed by atoms with Crippen LogP contribution in [0, 0.1) is 0 Å². The first-order valence-electron chi connectivity index (χ1n) is 5.88. The third-order valence-corrected chi connectivity index (χ3v) is 4.33. The van der Waals surface area contributed by atoms with Gasteiger partial charge in [0.25, 0.3) is 0 Å². The second-order valence-corrected chi connectivity index (χ2v) is 6.28. The molecule has 1 amide bonds. The summed E-state index contributed by atoms with van der Waals surface area (Å²) in [4.78, 5) is 10.9. The molecule has 100 valence electrons. The van der Waals surface area contributed by atoms with Crippen molar-refractivity contribution in [2.24, 2.45) is 0 Å². The van der Waals surface area contributed by atoms with Crippen LogP contribution in [0.2, 0.25) is 0 Å². The molecule has 1 rings (SSSR count). The quantitative estimate of drug-likeness (QED) is 0.654. The molecule has 0 aromatic heterocycles. The minimum absolute atomic E-state index is 0.0718. The SMILES string of the molecule is CCOC(=O)NCCCN[C@@H]1CCS(=O)(=O)C1. The van der Waals surface area contributed by atoms with Crippen LogP contribution in [-0.2, 0) is 14.6 Å². The van der Waals surface area contributed by atoms with Crippen molar-refractivity contribution in [2.45, 2.75) is 25.8 Å². The molecule has 0 aliphatic carbocycles. The zero-order valence-electron chi connectivity index (χ0n) is 10.1. The summed E-state index contributed by atoms with van der Waals surface area (Å²) < 4.78 is 27.1. The van der Waals surface area contributed by atoms with E-state index in [1.807, 2.05) is 0 Å². The van der Waals surface area contributed by atoms with E-state index in [0.29, 0.717) is 26.1 Å². The molecule has 7 heteroatoms. The van der Waals surface area contributed by atoms with E-state index in [9.17, 15) is 13.2 Å². The number of amides is 1. The van der Waals surface area contributed by atoms with Crippen LogP contribution in [0.4, 0.5) is 4.79 Å². The van der Waals surface area contributed by atoms with E-state index >= 15 is 0 Å². The predicted molar refractivity (Wildman–Crippen MR) is 64.7 cm³/mol. The second kappa shape index (κ2) is 6.80. The molecule has 1 saturated heterocycles. The molecule has 2 N–H and O–H groups in total. The number of carbonyl (C=O) groups is 1. The molecule has 17 heavy (non-hydrogen) atoms. The fourth-order valence-corrected chi connectivity index (χ4v) is 3.43. The molecule has 1 heterocycles. The Labute approximate surface area is 102 Å². The van der Waals surface area contributed by atoms with Gasteiger partial charge in [0.1, 0.15) is 0 Å². The first kappa shape index (κ1) is 14.2. The number of nitrogens with one attached hydrogen (secondary N) is 2. The molecule has 1 aliphatic heterocycles. The highest BCUT2D eigenvalue weighted by Crippen LogP contribution is 2.10. The highest BCUT2D eigenvalue weighted by molar-refractivity contribution is 7.91. The van der Waals surface area contributed by atoms with Crippen LogP contribution in [0.25, 0.3) is 0 Å². The van der Waals surface area contributed by atoms with Gasteiger partial charge in [-0.2, -0.15) is 0 Å². The van der Waals surface area contributed by atoms with Crippen LogP contribution in [0.5, 0.6) is 0 Å². The zero-order chi connectivity index (χ0) is 12.7. The summed E-state index contributed by atoms with van der Waals surface area (Å²) in [6, 6.07) is 0.0718. The minimum atomic E-state index is -2.81. The smallest absolute Gasteiger partial charge is 0.407 e. The molecule has 0 saturated carbocycles. The van der Waals surface area contributed by atoms with Crippen LogP contribution >= 0.6 is 0 Å². The Morgan fingerprint density at radius 2 is 2.18 bits per heavy atom. The number of hydrogen-bond acceptors (Lipinski definition) is 5. The summed E-state index contributed by atoms with van der Waals surface area (Å²) in [6.07, 6.45) is 1.04. The van der Waals surface area contributed by atoms with E-state index in [4.69, 9.17) is 4.74 Å². The maximum Gasteiger partial charge on any atom is 0.407 e. The van der Waals surface area contributed by atoms with E-state index < -0.39 is 15.9 Å². The molecule has 1 aliphatic rings. The number of carbonyl (C=O) groups excluding carboxylic acids is 1. The molecule has 0 spiro atoms. The van der Waals surface area contributed by atoms with E-state index in [0.717, 1.165) is 6.42 Å². The maximum atomic E-state index is 11.2. The molecule has 0 bridgehead atoms. The lowest BCUT2D eigenvalue weighted by atomic mass is 10.2. The number of rotatable bonds is 6. The van der Waals surface area contributed by atoms with Crippen LogP contribution < -0.4 is 10.6 Å². The summed E-state index contributed by atoms with van der Waals surface area (Å²) in [5, 5.41) is 5.78. The van der Waals surface area contributed by atoms with Gasteiger partial charge in [-0.1, -0.05) is 0 Å². The lowest BCUT2D eigenvalue weighted by Crippen LogP contribution is -2.33. The Morgan fingerprint density at radius 3 is 2.76 bits per heavy atom. The van der Waals surface area contributed by atoms with Gasteiger partial charge in [0, 0.05) is 12.6 Å². The third-order valence-electron chi connectivity index (χ3n) is 2.56. The Morgan fingerprint density at radius 1 is 1.41 bits per heavy atom. The van der Waals surface area contributed by atoms with Crippen LogP contribution in [0.3, 0.4) is 0 Å². The first-order valence-corrected chi connectivity index (χ1v) is 7.70. The van der Waals surface area contributed by atoms with Crippen molar-refractivity contribution in [3.63, 3.8) is 0 Å². The van der Waals surface area contributed by atoms with Gasteiger partial charge in [0.15, 0.2) is 9.84 Å². The van der Waals surface area contributed by atoms with Crippen molar-refractivity contribution in [3.8, 4) is 0 Å². The number of sulfone groups is 1. The summed E-state index contributed by atoms with van der Waals surface area (Å²) in [7, 11) is -2.81. The van der Waals surface area contributed by atoms with Crippen molar-refractivity contribution in [1.82, 2.24) is 10.6 Å². The number of ether oxygens (including phenoxy) is 1. The Bertz CT molecular complexity index is 342. The Hall–Kier alpha value is -0.820. The highest BCUT2D eigenvalue weighted by atomic mass is 32.2. The van der Waals surface area contributed by atoms with Crippen LogP contribution in [0.15, 0.2) is 0 Å². The van der Waals surface area contributed by atoms with Crippen molar-refractivity contribution < 1.29 is 17.9 Å². The monoisotopic (exact) mass is 264 g/mol. The minimum Gasteiger partial charge on any atom is -0.450 e. The van der Waals surface area contributed by atoms with Crippen molar-refractivity contribution in [2.75, 3.05) is 31.2 Å². The summed E-state index contributed by atoms with van der Waals surface area (Å²) >= 11 is 0. The Balaban J connectivity index is 2.00. The van der Waals surface area contributed by atoms with Gasteiger partial charge < -0.3 is 15.4 Å². The summed E-state index contributed by atoms with van der Waals surface area (Å²) in [5.41, 5.74) is 0. The average Bonchev–Trinajstić information content (AvgIpc) is 2.58. The number of alkyl carbamates (subject to hydrolysis) is 1. The molecule has 6 nitrogen and oxygen atoms in total. The lowest BCUT2D eigenvalue weighted by Gasteiger charge is -2.10. The van der Waals surface area contributed by atoms with Crippen molar-refractivity contribution >= 4 is 15.9 Å². The summed E-state index contributed by atoms with van der Waals surface area (Å²) in [6.45, 7) is 3.35. The van der Waals surface area contributed by atoms with E-state index in [1.54, 1.807) is 6.92 Å². The van der Waals surface area contributed by atoms with Gasteiger partial charge in [-0.05, 0) is 26.3 Å². The first-order chi connectivity index (χ1) is 8.03. The lowest BCUT2D eigenvalue weighted by molar-refractivity contribution is 0.152. The highest BCUT2D eigenvalue weighted by Gasteiger charge is 2.26. The second-order valence-electron chi connectivity index (χ2n) is 4.05. The molecule has 0 radical (unpaired) electrons. The fraction of sp³-hybridized carbons (Fsp3) is 0.900. The van der Waals surface area contributed by atoms with Crippen molar-refractivity contribution in [1.29, 1.82) is 0 Å². The van der Waals surface area contributed by atoms with Gasteiger partial charge in [-0.3, -0.25) is 0 Å². The predicted octanol–water partition coefficient (Wildman–Crippen LogP) is -0.101. The van der Waals surface area contributed by atoms with Gasteiger partial charge in [-0.25, -0.2) is 13.2 Å². The van der Waals surface area contributed by atoms with Crippen LogP contribution in [0.1, 0.15) is 19.8 Å². The topological polar surface area (TPSA) is 84.5 Å². The standard InChI is InChI=1S/C10H20N2O4S/c1-2-16-10(13)12-6-3-5-11-9-4-7-17(14,15)8-9/h9,11H,2-8H2,1H3,(H,12,13)/t9-/m1/s1. The molecule has 1 fully saturated rings. The molecule has 0 unspecified atom stereocenters. The van der Waals surface area contributed by atoms with E-state index in [2.05, 4.69) is 10.6 Å². The number of hydrogen-bond donors (Lipinski definition) is 2. The largest absolute Gasteiger partial charge is 0.450 e. The Kier molecular flexibility index (Phi) is 5.70. The van der Waals surface area contributed by atoms with E-state index in [-0.39, 0.29) is 17.5 Å². The normalized spacial score (nSPS) is 22.3. The maximum absolute atomic E-state index is 11.2. The molecule has 0 aromatic carbocycles. The van der Waals surface area contributed by atoms with Gasteiger partial charge >= 0.3 is 6.09 Å². The van der Waals surface area contributed by atoms with Crippen LogP contribution in [-0.4, -0.2) is 51.8 Å². The zero-order valence-corrected chi connectivity index (χ0v) is 10.9. The van der Waals surface area contributed by atoms with Gasteiger partial charge in [-0.15, -0.1) is 0 Å². The van der Waals surface area contributed by atoms with Gasteiger partial charge in [0.05, 0.1) is 18.1 Å². The molecular formula is C10H20N2O4S. The molecule has 1 atom stereocenters. The molecular weight excluding hydrogens is 244 g/mol. The van der Waals surface area contributed by atoms with E-state index in [1.165, 1.54) is 0 Å². The summed E-state index contributed by atoms with van der Waals surface area (Å²) in [5.74, 6) is 0.518. The third kappa shape index (κ3) is 5.88.